The van der Waals surface area contributed by atoms with Gasteiger partial charge in [-0.25, -0.2) is 0 Å². The van der Waals surface area contributed by atoms with Crippen LogP contribution in [0.2, 0.25) is 0 Å². The van der Waals surface area contributed by atoms with Gasteiger partial charge in [0.15, 0.2) is 5.78 Å². The van der Waals surface area contributed by atoms with Crippen molar-refractivity contribution >= 4 is 5.78 Å². The lowest BCUT2D eigenvalue weighted by Crippen LogP contribution is -2.74. The first kappa shape index (κ1) is 44.3. The molecule has 0 saturated heterocycles. The van der Waals surface area contributed by atoms with Gasteiger partial charge in [0.2, 0.25) is 0 Å². The number of aliphatic hydroxyl groups excluding tert-OH is 5. The number of carbonyl (C=O) groups excluding carboxylic acids is 1. The molecule has 0 aromatic heterocycles. The van der Waals surface area contributed by atoms with Crippen molar-refractivity contribution in [3.05, 3.63) is 0 Å². The van der Waals surface area contributed by atoms with E-state index in [2.05, 4.69) is 0 Å². The normalized spacial score (nSPS) is 18.2. The Labute approximate surface area is 262 Å². The average Bonchev–Trinajstić information content (AvgIpc) is 2.98. The predicted octanol–water partition coefficient (Wildman–Crippen LogP) is 6.29. The van der Waals surface area contributed by atoms with Crippen LogP contribution in [-0.2, 0) is 4.79 Å². The standard InChI is InChI=1S/C25H33F17O6/c26-18(27,19(28,29)20(30,31)21(32,33)22(34,35)23(36,37)24(38,39)25(40,41)42)11-9-7-5-3-1-2-4-6-8-10-13(44)15(46)17(48)16(47)14(45)12-43/h14-17,43,45-48H,1-12H2/t14-,15+,16-,17-/m1/s1/i11D/t11?,14-,15+,16-,17-. The first-order valence-electron chi connectivity index (χ1n) is 14.3. The summed E-state index contributed by atoms with van der Waals surface area (Å²) in [7, 11) is 0. The number of hydrogen-bond donors (Lipinski definition) is 5. The third-order valence-corrected chi connectivity index (χ3v) is 7.11. The number of hydrogen-bond acceptors (Lipinski definition) is 6. The van der Waals surface area contributed by atoms with E-state index in [0.29, 0.717) is 19.3 Å². The van der Waals surface area contributed by atoms with Crippen LogP contribution in [-0.4, -0.2) is 110 Å². The fourth-order valence-electron chi connectivity index (χ4n) is 3.95. The minimum absolute atomic E-state index is 0.0759. The quantitative estimate of drug-likeness (QED) is 0.0619. The second-order valence-electron chi connectivity index (χ2n) is 10.8. The fourth-order valence-corrected chi connectivity index (χ4v) is 3.95. The lowest BCUT2D eigenvalue weighted by Gasteiger charge is -2.42. The highest BCUT2D eigenvalue weighted by Gasteiger charge is 2.95. The Hall–Kier alpha value is -1.72. The van der Waals surface area contributed by atoms with Crippen molar-refractivity contribution in [1.82, 2.24) is 0 Å². The molecule has 23 heteroatoms. The second-order valence-corrected chi connectivity index (χ2v) is 10.8. The van der Waals surface area contributed by atoms with E-state index >= 15 is 0 Å². The molecule has 0 aromatic carbocycles. The van der Waals surface area contributed by atoms with Crippen molar-refractivity contribution in [2.24, 2.45) is 0 Å². The minimum atomic E-state index is -8.71. The van der Waals surface area contributed by atoms with Crippen LogP contribution < -0.4 is 0 Å². The third kappa shape index (κ3) is 9.33. The Morgan fingerprint density at radius 3 is 1.21 bits per heavy atom. The van der Waals surface area contributed by atoms with E-state index in [1.807, 2.05) is 0 Å². The molecule has 0 rings (SSSR count). The van der Waals surface area contributed by atoms with E-state index in [-0.39, 0.29) is 32.1 Å². The topological polar surface area (TPSA) is 118 Å². The maximum Gasteiger partial charge on any atom is 0.460 e. The zero-order chi connectivity index (χ0) is 39.2. The first-order valence-corrected chi connectivity index (χ1v) is 13.8. The summed E-state index contributed by atoms with van der Waals surface area (Å²) in [5.41, 5.74) is 0. The van der Waals surface area contributed by atoms with Gasteiger partial charge >= 0.3 is 47.6 Å². The Morgan fingerprint density at radius 2 is 0.833 bits per heavy atom. The van der Waals surface area contributed by atoms with E-state index in [1.165, 1.54) is 0 Å². The van der Waals surface area contributed by atoms with Gasteiger partial charge < -0.3 is 25.5 Å². The number of Topliss-reactive ketones (excluding diaryl/α,β-unsaturated/α-hetero) is 1. The number of carbonyl (C=O) groups is 1. The van der Waals surface area contributed by atoms with Gasteiger partial charge in [-0.2, -0.15) is 74.6 Å². The molecule has 0 aliphatic rings. The maximum atomic E-state index is 14.1. The summed E-state index contributed by atoms with van der Waals surface area (Å²) in [4.78, 5) is 11.9. The van der Waals surface area contributed by atoms with Crippen LogP contribution in [0.4, 0.5) is 74.6 Å². The molecule has 0 aliphatic carbocycles. The number of rotatable bonds is 23. The van der Waals surface area contributed by atoms with Crippen molar-refractivity contribution in [3.63, 3.8) is 0 Å². The van der Waals surface area contributed by atoms with Crippen LogP contribution in [0.25, 0.3) is 0 Å². The Morgan fingerprint density at radius 1 is 0.500 bits per heavy atom. The number of halogens is 17. The van der Waals surface area contributed by atoms with E-state index in [4.69, 9.17) is 6.48 Å². The van der Waals surface area contributed by atoms with Gasteiger partial charge in [-0.3, -0.25) is 4.79 Å². The van der Waals surface area contributed by atoms with Gasteiger partial charge in [-0.1, -0.05) is 44.9 Å². The van der Waals surface area contributed by atoms with E-state index in [9.17, 15) is 99.9 Å². The summed E-state index contributed by atoms with van der Waals surface area (Å²) in [6.45, 7) is -0.978. The molecule has 0 bridgehead atoms. The molecule has 0 fully saturated rings. The summed E-state index contributed by atoms with van der Waals surface area (Å²) in [5, 5.41) is 46.7. The largest absolute Gasteiger partial charge is 0.460 e. The molecule has 0 saturated carbocycles. The molecule has 0 radical (unpaired) electrons. The Balaban J connectivity index is 5.10. The molecule has 48 heavy (non-hydrogen) atoms. The number of ketones is 1. The molecule has 0 spiro atoms. The summed E-state index contributed by atoms with van der Waals surface area (Å²) < 4.78 is 234. The van der Waals surface area contributed by atoms with Crippen molar-refractivity contribution in [1.29, 1.82) is 0 Å². The summed E-state index contributed by atoms with van der Waals surface area (Å²) in [6, 6.07) is 0. The average molecular weight is 754 g/mol. The zero-order valence-corrected chi connectivity index (χ0v) is 24.2. The lowest BCUT2D eigenvalue weighted by atomic mass is 9.87. The molecule has 288 valence electrons. The smallest absolute Gasteiger partial charge is 0.394 e. The number of aliphatic hydroxyl groups is 5. The molecule has 0 amide bonds. The first-order chi connectivity index (χ1) is 21.8. The minimum Gasteiger partial charge on any atom is -0.394 e. The monoisotopic (exact) mass is 753 g/mol. The van der Waals surface area contributed by atoms with Crippen LogP contribution in [0.5, 0.6) is 0 Å². The highest BCUT2D eigenvalue weighted by Crippen LogP contribution is 2.64. The lowest BCUT2D eigenvalue weighted by molar-refractivity contribution is -0.461. The summed E-state index contributed by atoms with van der Waals surface area (Å²) in [5.74, 6) is -58.2. The molecule has 5 atom stereocenters. The van der Waals surface area contributed by atoms with Crippen LogP contribution in [0.1, 0.15) is 72.0 Å². The summed E-state index contributed by atoms with van der Waals surface area (Å²) in [6.07, 6.45) is -20.9. The molecule has 0 heterocycles. The van der Waals surface area contributed by atoms with Crippen LogP contribution in [0, 0.1) is 0 Å². The van der Waals surface area contributed by atoms with Crippen molar-refractivity contribution in [2.45, 2.75) is 143 Å². The molecular formula is C25H33F17O6. The van der Waals surface area contributed by atoms with Crippen molar-refractivity contribution in [3.8, 4) is 0 Å². The molecule has 5 N–H and O–H groups in total. The molecular weight excluding hydrogens is 719 g/mol. The molecule has 6 nitrogen and oxygen atoms in total. The fraction of sp³-hybridized carbons (Fsp3) is 0.960. The van der Waals surface area contributed by atoms with Crippen molar-refractivity contribution in [2.75, 3.05) is 6.61 Å². The number of unbranched alkanes of at least 4 members (excludes halogenated alkanes) is 7. The highest BCUT2D eigenvalue weighted by molar-refractivity contribution is 5.83. The zero-order valence-electron chi connectivity index (χ0n) is 25.2. The van der Waals surface area contributed by atoms with Gasteiger partial charge in [0.1, 0.15) is 24.4 Å². The Kier molecular flexibility index (Phi) is 15.3. The van der Waals surface area contributed by atoms with Gasteiger partial charge in [-0.05, 0) is 12.8 Å². The van der Waals surface area contributed by atoms with Gasteiger partial charge in [0.25, 0.3) is 0 Å². The van der Waals surface area contributed by atoms with Crippen LogP contribution in [0.15, 0.2) is 0 Å². The van der Waals surface area contributed by atoms with Crippen molar-refractivity contribution < 1.29 is 106 Å². The predicted molar refractivity (Wildman–Crippen MR) is 128 cm³/mol. The maximum absolute atomic E-state index is 14.1. The third-order valence-electron chi connectivity index (χ3n) is 7.11. The van der Waals surface area contributed by atoms with E-state index < -0.39 is 104 Å². The van der Waals surface area contributed by atoms with Crippen LogP contribution >= 0.6 is 0 Å². The van der Waals surface area contributed by atoms with E-state index in [0.717, 1.165) is 0 Å². The molecule has 1 unspecified atom stereocenters. The summed E-state index contributed by atoms with van der Waals surface area (Å²) >= 11 is 0. The Bertz CT molecular complexity index is 1040. The van der Waals surface area contributed by atoms with E-state index in [1.54, 1.807) is 0 Å². The van der Waals surface area contributed by atoms with Gasteiger partial charge in [0, 0.05) is 14.2 Å². The SMILES string of the molecule is [2H]C(CCCCCCCCCCC(=O)[C@H](O)[C@@H](O)[C@H](O)[C@H](O)CO)C(F)(F)C(F)(F)C(F)(F)C(F)(F)C(F)(F)C(F)(F)C(F)(F)C(F)(F)F. The van der Waals surface area contributed by atoms with Gasteiger partial charge in [0.05, 0.1) is 6.61 Å². The number of alkyl halides is 17. The molecule has 0 aromatic rings. The van der Waals surface area contributed by atoms with Crippen LogP contribution in [0.3, 0.4) is 0 Å². The highest BCUT2D eigenvalue weighted by atomic mass is 19.4. The second kappa shape index (κ2) is 16.5. The molecule has 0 aliphatic heterocycles. The van der Waals surface area contributed by atoms with Gasteiger partial charge in [-0.15, -0.1) is 0 Å².